The lowest BCUT2D eigenvalue weighted by molar-refractivity contribution is -0.158. The van der Waals surface area contributed by atoms with E-state index >= 15 is 0 Å². The Hall–Kier alpha value is -2.13. The van der Waals surface area contributed by atoms with Crippen molar-refractivity contribution in [1.29, 1.82) is 0 Å². The summed E-state index contributed by atoms with van der Waals surface area (Å²) >= 11 is 0. The van der Waals surface area contributed by atoms with Gasteiger partial charge in [-0.15, -0.1) is 0 Å². The third-order valence-electron chi connectivity index (χ3n) is 5.70. The van der Waals surface area contributed by atoms with Crippen LogP contribution in [-0.2, 0) is 22.6 Å². The number of hydrogen-bond donors (Lipinski definition) is 0. The van der Waals surface area contributed by atoms with E-state index in [2.05, 4.69) is 67.3 Å². The van der Waals surface area contributed by atoms with Gasteiger partial charge in [-0.25, -0.2) is 0 Å². The van der Waals surface area contributed by atoms with Gasteiger partial charge in [0.1, 0.15) is 0 Å². The molecular formula is C24H33NO2. The number of benzene rings is 2. The zero-order chi connectivity index (χ0) is 19.9. The maximum atomic E-state index is 12.5. The Balaban J connectivity index is 2.23. The first kappa shape index (κ1) is 21.2. The monoisotopic (exact) mass is 367 g/mol. The zero-order valence-corrected chi connectivity index (χ0v) is 17.3. The van der Waals surface area contributed by atoms with Crippen molar-refractivity contribution >= 4 is 5.97 Å². The van der Waals surface area contributed by atoms with Crippen LogP contribution in [0.5, 0.6) is 0 Å². The van der Waals surface area contributed by atoms with Gasteiger partial charge in [-0.1, -0.05) is 67.6 Å². The van der Waals surface area contributed by atoms with E-state index in [-0.39, 0.29) is 17.9 Å². The summed E-state index contributed by atoms with van der Waals surface area (Å²) in [6.45, 7) is 12.3. The van der Waals surface area contributed by atoms with E-state index in [9.17, 15) is 4.79 Å². The van der Waals surface area contributed by atoms with Crippen LogP contribution in [0.4, 0.5) is 0 Å². The Kier molecular flexibility index (Phi) is 7.61. The fraction of sp³-hybridized carbons (Fsp3) is 0.458. The summed E-state index contributed by atoms with van der Waals surface area (Å²) < 4.78 is 5.34. The minimum atomic E-state index is -0.541. The molecule has 2 atom stereocenters. The second kappa shape index (κ2) is 9.70. The molecule has 0 saturated carbocycles. The van der Waals surface area contributed by atoms with Crippen molar-refractivity contribution in [3.8, 4) is 0 Å². The summed E-state index contributed by atoms with van der Waals surface area (Å²) in [5, 5.41) is 0. The van der Waals surface area contributed by atoms with Gasteiger partial charge in [0.2, 0.25) is 0 Å². The van der Waals surface area contributed by atoms with Crippen LogP contribution in [0.25, 0.3) is 0 Å². The molecule has 0 aliphatic carbocycles. The fourth-order valence-corrected chi connectivity index (χ4v) is 3.40. The summed E-state index contributed by atoms with van der Waals surface area (Å²) in [6.07, 6.45) is 0. The highest BCUT2D eigenvalue weighted by Gasteiger charge is 2.39. The van der Waals surface area contributed by atoms with E-state index in [0.717, 1.165) is 13.1 Å². The molecule has 0 saturated heterocycles. The Bertz CT molecular complexity index is 655. The van der Waals surface area contributed by atoms with Crippen LogP contribution in [-0.4, -0.2) is 23.5 Å². The minimum Gasteiger partial charge on any atom is -0.466 e. The molecule has 0 aliphatic heterocycles. The van der Waals surface area contributed by atoms with Crippen molar-refractivity contribution in [3.63, 3.8) is 0 Å². The van der Waals surface area contributed by atoms with Crippen molar-refractivity contribution in [2.45, 2.75) is 53.8 Å². The highest BCUT2D eigenvalue weighted by atomic mass is 16.5. The molecule has 2 rings (SSSR count). The molecule has 3 nitrogen and oxygen atoms in total. The maximum Gasteiger partial charge on any atom is 0.311 e. The topological polar surface area (TPSA) is 29.5 Å². The molecule has 0 N–H and O–H groups in total. The number of hydrogen-bond acceptors (Lipinski definition) is 3. The molecule has 0 aliphatic rings. The molecule has 0 bridgehead atoms. The van der Waals surface area contributed by atoms with Crippen LogP contribution < -0.4 is 0 Å². The molecule has 2 aromatic carbocycles. The average Bonchev–Trinajstić information content (AvgIpc) is 2.68. The van der Waals surface area contributed by atoms with Gasteiger partial charge in [-0.05, 0) is 44.7 Å². The lowest BCUT2D eigenvalue weighted by Crippen LogP contribution is -2.45. The molecular weight excluding hydrogens is 334 g/mol. The molecule has 2 aromatic rings. The molecule has 3 heteroatoms. The third-order valence-corrected chi connectivity index (χ3v) is 5.70. The Morgan fingerprint density at radius 2 is 1.37 bits per heavy atom. The van der Waals surface area contributed by atoms with Crippen LogP contribution in [0.2, 0.25) is 0 Å². The average molecular weight is 368 g/mol. The third kappa shape index (κ3) is 5.67. The molecule has 0 aromatic heterocycles. The van der Waals surface area contributed by atoms with Crippen LogP contribution >= 0.6 is 0 Å². The summed E-state index contributed by atoms with van der Waals surface area (Å²) in [5.41, 5.74) is 2.02. The van der Waals surface area contributed by atoms with Gasteiger partial charge in [0.25, 0.3) is 0 Å². The SMILES string of the molecule is CCOC(=O)C(C)(C)C(C)C(C)N(Cc1ccccc1)Cc1ccccc1. The first-order valence-corrected chi connectivity index (χ1v) is 9.85. The molecule has 0 fully saturated rings. The second-order valence-corrected chi connectivity index (χ2v) is 7.85. The largest absolute Gasteiger partial charge is 0.466 e. The molecule has 2 unspecified atom stereocenters. The Morgan fingerprint density at radius 1 is 0.926 bits per heavy atom. The van der Waals surface area contributed by atoms with Gasteiger partial charge < -0.3 is 4.74 Å². The Labute approximate surface area is 164 Å². The predicted molar refractivity (Wildman–Crippen MR) is 111 cm³/mol. The molecule has 0 radical (unpaired) electrons. The van der Waals surface area contributed by atoms with Gasteiger partial charge in [0, 0.05) is 19.1 Å². The van der Waals surface area contributed by atoms with E-state index < -0.39 is 5.41 Å². The second-order valence-electron chi connectivity index (χ2n) is 7.85. The van der Waals surface area contributed by atoms with Gasteiger partial charge in [-0.2, -0.15) is 0 Å². The van der Waals surface area contributed by atoms with E-state index in [0.29, 0.717) is 6.61 Å². The number of carbonyl (C=O) groups excluding carboxylic acids is 1. The van der Waals surface area contributed by atoms with Crippen molar-refractivity contribution in [3.05, 3.63) is 71.8 Å². The number of carbonyl (C=O) groups is 1. The fourth-order valence-electron chi connectivity index (χ4n) is 3.40. The molecule has 27 heavy (non-hydrogen) atoms. The van der Waals surface area contributed by atoms with Gasteiger partial charge in [0.15, 0.2) is 0 Å². The van der Waals surface area contributed by atoms with E-state index in [1.165, 1.54) is 11.1 Å². The predicted octanol–water partition coefficient (Wildman–Crippen LogP) is 5.30. The summed E-state index contributed by atoms with van der Waals surface area (Å²) in [5.74, 6) is 0.0210. The Morgan fingerprint density at radius 3 is 1.78 bits per heavy atom. The van der Waals surface area contributed by atoms with Gasteiger partial charge >= 0.3 is 5.97 Å². The maximum absolute atomic E-state index is 12.5. The number of nitrogens with zero attached hydrogens (tertiary/aromatic N) is 1. The molecule has 0 heterocycles. The quantitative estimate of drug-likeness (QED) is 0.563. The number of esters is 1. The van der Waals surface area contributed by atoms with Crippen molar-refractivity contribution < 1.29 is 9.53 Å². The van der Waals surface area contributed by atoms with Gasteiger partial charge in [-0.3, -0.25) is 9.69 Å². The lowest BCUT2D eigenvalue weighted by Gasteiger charge is -2.40. The standard InChI is InChI=1S/C24H33NO2/c1-6-27-23(26)24(4,5)19(2)20(3)25(17-21-13-9-7-10-14-21)18-22-15-11-8-12-16-22/h7-16,19-20H,6,17-18H2,1-5H3. The van der Waals surface area contributed by atoms with Crippen LogP contribution in [0.15, 0.2) is 60.7 Å². The molecule has 0 spiro atoms. The summed E-state index contributed by atoms with van der Waals surface area (Å²) in [4.78, 5) is 15.0. The smallest absolute Gasteiger partial charge is 0.311 e. The summed E-state index contributed by atoms with van der Waals surface area (Å²) in [7, 11) is 0. The molecule has 146 valence electrons. The van der Waals surface area contributed by atoms with Crippen molar-refractivity contribution in [2.24, 2.45) is 11.3 Å². The highest BCUT2D eigenvalue weighted by molar-refractivity contribution is 5.76. The highest BCUT2D eigenvalue weighted by Crippen LogP contribution is 2.34. The van der Waals surface area contributed by atoms with E-state index in [1.54, 1.807) is 0 Å². The van der Waals surface area contributed by atoms with Crippen molar-refractivity contribution in [1.82, 2.24) is 4.90 Å². The lowest BCUT2D eigenvalue weighted by atomic mass is 9.75. The number of ether oxygens (including phenoxy) is 1. The van der Waals surface area contributed by atoms with Crippen molar-refractivity contribution in [2.75, 3.05) is 6.61 Å². The first-order chi connectivity index (χ1) is 12.9. The first-order valence-electron chi connectivity index (χ1n) is 9.85. The minimum absolute atomic E-state index is 0.122. The van der Waals surface area contributed by atoms with E-state index in [1.807, 2.05) is 32.9 Å². The van der Waals surface area contributed by atoms with Gasteiger partial charge in [0.05, 0.1) is 12.0 Å². The van der Waals surface area contributed by atoms with E-state index in [4.69, 9.17) is 4.74 Å². The number of rotatable bonds is 9. The van der Waals surface area contributed by atoms with Crippen LogP contribution in [0.1, 0.15) is 45.7 Å². The summed E-state index contributed by atoms with van der Waals surface area (Å²) in [6, 6.07) is 21.2. The normalized spacial score (nSPS) is 14.0. The molecule has 0 amide bonds. The van der Waals surface area contributed by atoms with Crippen LogP contribution in [0.3, 0.4) is 0 Å². The zero-order valence-electron chi connectivity index (χ0n) is 17.3. The van der Waals surface area contributed by atoms with Crippen LogP contribution in [0, 0.1) is 11.3 Å².